The van der Waals surface area contributed by atoms with Gasteiger partial charge in [-0.25, -0.2) is 14.1 Å². The standard InChI is InChI=1S/C25H24FN7O/c1-15-9-23(31-32(15)2)18-10-16(21-6-4-7-22(30-21)20(27)12-26)11-24-19(18)13-28-33(24)25-8-3-5-17(14-34)29-25/h3-11,13,20,34H,12,14,27H2,1-2H3/t20-/m0/s1. The van der Waals surface area contributed by atoms with E-state index in [4.69, 9.17) is 5.73 Å². The average molecular weight is 458 g/mol. The lowest BCUT2D eigenvalue weighted by Crippen LogP contribution is -2.14. The number of aliphatic hydroxyl groups excluding tert-OH is 1. The number of hydrogen-bond donors (Lipinski definition) is 2. The highest BCUT2D eigenvalue weighted by Crippen LogP contribution is 2.34. The Hall–Kier alpha value is -3.95. The monoisotopic (exact) mass is 457 g/mol. The molecule has 1 atom stereocenters. The van der Waals surface area contributed by atoms with Crippen LogP contribution in [0.5, 0.6) is 0 Å². The van der Waals surface area contributed by atoms with E-state index in [1.165, 1.54) is 0 Å². The molecule has 0 radical (unpaired) electrons. The molecule has 0 amide bonds. The van der Waals surface area contributed by atoms with Crippen molar-refractivity contribution < 1.29 is 9.50 Å². The van der Waals surface area contributed by atoms with Crippen LogP contribution in [0.4, 0.5) is 4.39 Å². The molecule has 0 bridgehead atoms. The molecule has 0 aliphatic heterocycles. The highest BCUT2D eigenvalue weighted by molar-refractivity contribution is 5.97. The smallest absolute Gasteiger partial charge is 0.154 e. The number of nitrogens with two attached hydrogens (primary N) is 1. The molecule has 34 heavy (non-hydrogen) atoms. The molecule has 8 nitrogen and oxygen atoms in total. The molecule has 9 heteroatoms. The molecule has 0 saturated heterocycles. The van der Waals surface area contributed by atoms with Crippen LogP contribution in [0, 0.1) is 6.92 Å². The van der Waals surface area contributed by atoms with Gasteiger partial charge in [0.15, 0.2) is 5.82 Å². The summed E-state index contributed by atoms with van der Waals surface area (Å²) in [6.07, 6.45) is 1.79. The fourth-order valence-electron chi connectivity index (χ4n) is 3.93. The Kier molecular flexibility index (Phi) is 5.64. The third-order valence-electron chi connectivity index (χ3n) is 5.86. The predicted octanol–water partition coefficient (Wildman–Crippen LogP) is 3.65. The fraction of sp³-hybridized carbons (Fsp3) is 0.200. The molecule has 1 aromatic carbocycles. The molecular formula is C25H24FN7O. The van der Waals surface area contributed by atoms with E-state index in [2.05, 4.69) is 20.2 Å². The number of alkyl halides is 1. The average Bonchev–Trinajstić information content (AvgIpc) is 3.45. The van der Waals surface area contributed by atoms with Gasteiger partial charge in [-0.3, -0.25) is 9.67 Å². The summed E-state index contributed by atoms with van der Waals surface area (Å²) in [6, 6.07) is 16.1. The first-order valence-electron chi connectivity index (χ1n) is 10.9. The van der Waals surface area contributed by atoms with E-state index in [9.17, 15) is 9.50 Å². The van der Waals surface area contributed by atoms with Gasteiger partial charge < -0.3 is 10.8 Å². The van der Waals surface area contributed by atoms with Gasteiger partial charge in [0, 0.05) is 29.3 Å². The molecule has 3 N–H and O–H groups in total. The van der Waals surface area contributed by atoms with Gasteiger partial charge in [0.1, 0.15) is 6.67 Å². The topological polar surface area (TPSA) is 108 Å². The summed E-state index contributed by atoms with van der Waals surface area (Å²) in [5.74, 6) is 0.586. The number of fused-ring (bicyclic) bond motifs is 1. The largest absolute Gasteiger partial charge is 0.390 e. The molecule has 5 rings (SSSR count). The lowest BCUT2D eigenvalue weighted by molar-refractivity contribution is 0.276. The highest BCUT2D eigenvalue weighted by atomic mass is 19.1. The Balaban J connectivity index is 1.76. The van der Waals surface area contributed by atoms with Crippen LogP contribution in [-0.4, -0.2) is 41.3 Å². The summed E-state index contributed by atoms with van der Waals surface area (Å²) >= 11 is 0. The Morgan fingerprint density at radius 1 is 1.06 bits per heavy atom. The van der Waals surface area contributed by atoms with Crippen molar-refractivity contribution in [3.63, 3.8) is 0 Å². The third-order valence-corrected chi connectivity index (χ3v) is 5.86. The SMILES string of the molecule is Cc1cc(-c2cc(-c3cccc([C@@H](N)CF)n3)cc3c2cnn3-c2cccc(CO)n2)nn1C. The van der Waals surface area contributed by atoms with Crippen molar-refractivity contribution >= 4 is 10.9 Å². The number of pyridine rings is 2. The first kappa shape index (κ1) is 21.9. The minimum absolute atomic E-state index is 0.164. The van der Waals surface area contributed by atoms with E-state index in [0.717, 1.165) is 33.4 Å². The first-order valence-corrected chi connectivity index (χ1v) is 10.9. The van der Waals surface area contributed by atoms with Crippen molar-refractivity contribution in [2.45, 2.75) is 19.6 Å². The zero-order valence-corrected chi connectivity index (χ0v) is 18.9. The van der Waals surface area contributed by atoms with Crippen LogP contribution in [-0.2, 0) is 13.7 Å². The molecule has 0 fully saturated rings. The molecule has 0 spiro atoms. The maximum atomic E-state index is 13.2. The zero-order chi connectivity index (χ0) is 23.8. The van der Waals surface area contributed by atoms with Crippen LogP contribution >= 0.6 is 0 Å². The summed E-state index contributed by atoms with van der Waals surface area (Å²) in [5, 5.41) is 19.7. The van der Waals surface area contributed by atoms with E-state index in [1.54, 1.807) is 23.0 Å². The number of halogens is 1. The van der Waals surface area contributed by atoms with Gasteiger partial charge in [0.2, 0.25) is 0 Å². The van der Waals surface area contributed by atoms with Gasteiger partial charge in [-0.05, 0) is 49.4 Å². The summed E-state index contributed by atoms with van der Waals surface area (Å²) in [4.78, 5) is 9.14. The number of aryl methyl sites for hydroxylation is 2. The van der Waals surface area contributed by atoms with Gasteiger partial charge in [-0.2, -0.15) is 10.2 Å². The molecule has 4 heterocycles. The van der Waals surface area contributed by atoms with Crippen molar-refractivity contribution in [1.82, 2.24) is 29.5 Å². The minimum atomic E-state index is -0.780. The maximum Gasteiger partial charge on any atom is 0.154 e. The third kappa shape index (κ3) is 3.85. The Morgan fingerprint density at radius 3 is 2.62 bits per heavy atom. The van der Waals surface area contributed by atoms with Crippen molar-refractivity contribution in [1.29, 1.82) is 0 Å². The second-order valence-electron chi connectivity index (χ2n) is 8.16. The van der Waals surface area contributed by atoms with E-state index >= 15 is 0 Å². The van der Waals surface area contributed by atoms with Crippen molar-refractivity contribution in [2.75, 3.05) is 6.67 Å². The predicted molar refractivity (Wildman–Crippen MR) is 128 cm³/mol. The summed E-state index contributed by atoms with van der Waals surface area (Å²) in [6.45, 7) is 1.14. The quantitative estimate of drug-likeness (QED) is 0.403. The Labute approximate surface area is 195 Å². The minimum Gasteiger partial charge on any atom is -0.390 e. The Morgan fingerprint density at radius 2 is 1.88 bits per heavy atom. The number of nitrogens with zero attached hydrogens (tertiary/aromatic N) is 6. The van der Waals surface area contributed by atoms with Crippen LogP contribution in [0.25, 0.3) is 39.2 Å². The lowest BCUT2D eigenvalue weighted by Gasteiger charge is -2.11. The molecule has 0 aliphatic carbocycles. The van der Waals surface area contributed by atoms with Gasteiger partial charge in [0.05, 0.1) is 47.1 Å². The summed E-state index contributed by atoms with van der Waals surface area (Å²) in [7, 11) is 1.90. The second kappa shape index (κ2) is 8.77. The van der Waals surface area contributed by atoms with Crippen LogP contribution in [0.1, 0.15) is 23.1 Å². The van der Waals surface area contributed by atoms with Gasteiger partial charge >= 0.3 is 0 Å². The zero-order valence-electron chi connectivity index (χ0n) is 18.9. The molecule has 4 aromatic heterocycles. The maximum absolute atomic E-state index is 13.2. The lowest BCUT2D eigenvalue weighted by atomic mass is 10.0. The fourth-order valence-corrected chi connectivity index (χ4v) is 3.93. The normalized spacial score (nSPS) is 12.4. The van der Waals surface area contributed by atoms with E-state index in [1.807, 2.05) is 61.1 Å². The number of aromatic nitrogens is 6. The van der Waals surface area contributed by atoms with E-state index in [-0.39, 0.29) is 6.61 Å². The molecule has 5 aromatic rings. The molecule has 0 aliphatic rings. The van der Waals surface area contributed by atoms with Crippen molar-refractivity contribution in [3.8, 4) is 28.3 Å². The number of aliphatic hydroxyl groups is 1. The number of hydrogen-bond acceptors (Lipinski definition) is 6. The van der Waals surface area contributed by atoms with Gasteiger partial charge in [-0.15, -0.1) is 0 Å². The highest BCUT2D eigenvalue weighted by Gasteiger charge is 2.17. The van der Waals surface area contributed by atoms with Gasteiger partial charge in [-0.1, -0.05) is 12.1 Å². The van der Waals surface area contributed by atoms with Crippen LogP contribution in [0.15, 0.2) is 60.8 Å². The number of rotatable bonds is 6. The van der Waals surface area contributed by atoms with Crippen molar-refractivity contribution in [2.24, 2.45) is 12.8 Å². The molecule has 0 saturated carbocycles. The van der Waals surface area contributed by atoms with Gasteiger partial charge in [0.25, 0.3) is 0 Å². The summed E-state index contributed by atoms with van der Waals surface area (Å²) in [5.41, 5.74) is 11.9. The Bertz CT molecular complexity index is 1470. The van der Waals surface area contributed by atoms with E-state index in [0.29, 0.717) is 22.9 Å². The molecule has 0 unspecified atom stereocenters. The van der Waals surface area contributed by atoms with Crippen molar-refractivity contribution in [3.05, 3.63) is 77.9 Å². The number of benzene rings is 1. The van der Waals surface area contributed by atoms with E-state index < -0.39 is 12.7 Å². The van der Waals surface area contributed by atoms with Crippen LogP contribution in [0.2, 0.25) is 0 Å². The first-order chi connectivity index (χ1) is 16.5. The second-order valence-corrected chi connectivity index (χ2v) is 8.16. The van der Waals surface area contributed by atoms with Crippen LogP contribution < -0.4 is 5.73 Å². The summed E-state index contributed by atoms with van der Waals surface area (Å²) < 4.78 is 16.7. The van der Waals surface area contributed by atoms with Crippen LogP contribution in [0.3, 0.4) is 0 Å². The molecular weight excluding hydrogens is 433 g/mol. The molecule has 172 valence electrons.